The van der Waals surface area contributed by atoms with E-state index >= 15 is 0 Å². The summed E-state index contributed by atoms with van der Waals surface area (Å²) < 4.78 is 0.682. The van der Waals surface area contributed by atoms with Gasteiger partial charge in [-0.3, -0.25) is 0 Å². The van der Waals surface area contributed by atoms with Gasteiger partial charge in [-0.05, 0) is 18.6 Å². The molecule has 1 heterocycles. The SMILES string of the molecule is Cc1[nH]c(=S)ccc1[C@H](O)c1ccccc1. The van der Waals surface area contributed by atoms with Gasteiger partial charge < -0.3 is 10.1 Å². The molecule has 0 spiro atoms. The Kier molecular flexibility index (Phi) is 3.17. The van der Waals surface area contributed by atoms with Crippen molar-refractivity contribution in [2.45, 2.75) is 13.0 Å². The molecule has 16 heavy (non-hydrogen) atoms. The normalized spacial score (nSPS) is 12.4. The second-order valence-electron chi connectivity index (χ2n) is 3.72. The molecule has 0 radical (unpaired) electrons. The number of aliphatic hydroxyl groups is 1. The lowest BCUT2D eigenvalue weighted by Crippen LogP contribution is -2.03. The summed E-state index contributed by atoms with van der Waals surface area (Å²) >= 11 is 5.03. The van der Waals surface area contributed by atoms with Crippen LogP contribution >= 0.6 is 12.2 Å². The maximum Gasteiger partial charge on any atom is 0.106 e. The van der Waals surface area contributed by atoms with E-state index in [1.54, 1.807) is 6.07 Å². The van der Waals surface area contributed by atoms with Crippen molar-refractivity contribution in [1.82, 2.24) is 4.98 Å². The van der Waals surface area contributed by atoms with Crippen LogP contribution in [0.25, 0.3) is 0 Å². The Morgan fingerprint density at radius 1 is 1.12 bits per heavy atom. The molecule has 0 aliphatic rings. The molecule has 82 valence electrons. The number of aromatic nitrogens is 1. The van der Waals surface area contributed by atoms with Gasteiger partial charge in [0.1, 0.15) is 10.7 Å². The molecule has 0 aliphatic heterocycles. The minimum absolute atomic E-state index is 0.604. The third-order valence-corrected chi connectivity index (χ3v) is 2.81. The van der Waals surface area contributed by atoms with Crippen molar-refractivity contribution in [3.63, 3.8) is 0 Å². The van der Waals surface area contributed by atoms with Gasteiger partial charge in [-0.2, -0.15) is 0 Å². The maximum atomic E-state index is 10.2. The molecule has 1 atom stereocenters. The number of pyridine rings is 1. The molecule has 0 saturated carbocycles. The summed E-state index contributed by atoms with van der Waals surface area (Å²) in [4.78, 5) is 3.04. The Balaban J connectivity index is 2.42. The number of aliphatic hydroxyl groups excluding tert-OH is 1. The monoisotopic (exact) mass is 231 g/mol. The van der Waals surface area contributed by atoms with Crippen LogP contribution in [-0.4, -0.2) is 10.1 Å². The van der Waals surface area contributed by atoms with Crippen LogP contribution in [-0.2, 0) is 0 Å². The number of benzene rings is 1. The van der Waals surface area contributed by atoms with Crippen LogP contribution in [0.5, 0.6) is 0 Å². The summed E-state index contributed by atoms with van der Waals surface area (Å²) in [7, 11) is 0. The van der Waals surface area contributed by atoms with Gasteiger partial charge in [0.25, 0.3) is 0 Å². The first kappa shape index (κ1) is 11.0. The van der Waals surface area contributed by atoms with Gasteiger partial charge >= 0.3 is 0 Å². The minimum atomic E-state index is -0.604. The molecule has 0 fully saturated rings. The molecule has 0 aliphatic carbocycles. The third kappa shape index (κ3) is 2.21. The summed E-state index contributed by atoms with van der Waals surface area (Å²) in [5, 5.41) is 10.2. The number of aryl methyl sites for hydroxylation is 1. The largest absolute Gasteiger partial charge is 0.384 e. The summed E-state index contributed by atoms with van der Waals surface area (Å²) in [6.07, 6.45) is -0.604. The zero-order chi connectivity index (χ0) is 11.5. The number of hydrogen-bond donors (Lipinski definition) is 2. The fraction of sp³-hybridized carbons (Fsp3) is 0.154. The lowest BCUT2D eigenvalue weighted by atomic mass is 10.0. The van der Waals surface area contributed by atoms with Crippen molar-refractivity contribution in [3.8, 4) is 0 Å². The van der Waals surface area contributed by atoms with E-state index in [1.807, 2.05) is 43.3 Å². The van der Waals surface area contributed by atoms with Crippen molar-refractivity contribution in [3.05, 3.63) is 63.9 Å². The molecule has 2 aromatic rings. The lowest BCUT2D eigenvalue weighted by molar-refractivity contribution is 0.219. The molecule has 0 saturated heterocycles. The Morgan fingerprint density at radius 3 is 2.44 bits per heavy atom. The lowest BCUT2D eigenvalue weighted by Gasteiger charge is -2.13. The predicted octanol–water partition coefficient (Wildman–Crippen LogP) is 3.13. The van der Waals surface area contributed by atoms with E-state index in [4.69, 9.17) is 12.2 Å². The molecule has 3 heteroatoms. The zero-order valence-electron chi connectivity index (χ0n) is 8.97. The summed E-state index contributed by atoms with van der Waals surface area (Å²) in [6.45, 7) is 1.91. The van der Waals surface area contributed by atoms with Crippen LogP contribution in [0.4, 0.5) is 0 Å². The van der Waals surface area contributed by atoms with Gasteiger partial charge in [0.05, 0.1) is 0 Å². The molecule has 2 nitrogen and oxygen atoms in total. The van der Waals surface area contributed by atoms with Crippen LogP contribution in [0.15, 0.2) is 42.5 Å². The van der Waals surface area contributed by atoms with E-state index in [0.29, 0.717) is 4.64 Å². The van der Waals surface area contributed by atoms with E-state index in [2.05, 4.69) is 4.98 Å². The van der Waals surface area contributed by atoms with Crippen LogP contribution < -0.4 is 0 Å². The second kappa shape index (κ2) is 4.60. The predicted molar refractivity (Wildman–Crippen MR) is 66.9 cm³/mol. The third-order valence-electron chi connectivity index (χ3n) is 2.57. The first-order chi connectivity index (χ1) is 7.68. The molecule has 0 bridgehead atoms. The Morgan fingerprint density at radius 2 is 1.81 bits per heavy atom. The fourth-order valence-electron chi connectivity index (χ4n) is 1.70. The number of H-pyrrole nitrogens is 1. The van der Waals surface area contributed by atoms with Gasteiger partial charge in [-0.25, -0.2) is 0 Å². The van der Waals surface area contributed by atoms with E-state index < -0.39 is 6.10 Å². The molecule has 1 aromatic heterocycles. The fourth-order valence-corrected chi connectivity index (χ4v) is 1.92. The minimum Gasteiger partial charge on any atom is -0.384 e. The second-order valence-corrected chi connectivity index (χ2v) is 4.16. The Labute approximate surface area is 99.6 Å². The van der Waals surface area contributed by atoms with Gasteiger partial charge in [0.15, 0.2) is 0 Å². The highest BCUT2D eigenvalue weighted by Gasteiger charge is 2.11. The zero-order valence-corrected chi connectivity index (χ0v) is 9.79. The Hall–Kier alpha value is -1.45. The van der Waals surface area contributed by atoms with E-state index in [1.165, 1.54) is 0 Å². The van der Waals surface area contributed by atoms with Crippen LogP contribution in [0.1, 0.15) is 22.9 Å². The van der Waals surface area contributed by atoms with Crippen molar-refractivity contribution in [2.75, 3.05) is 0 Å². The molecule has 2 rings (SSSR count). The van der Waals surface area contributed by atoms with Gasteiger partial charge in [0, 0.05) is 11.3 Å². The maximum absolute atomic E-state index is 10.2. The van der Waals surface area contributed by atoms with Gasteiger partial charge in [0.2, 0.25) is 0 Å². The highest BCUT2D eigenvalue weighted by Crippen LogP contribution is 2.23. The summed E-state index contributed by atoms with van der Waals surface area (Å²) in [5.74, 6) is 0. The van der Waals surface area contributed by atoms with Crippen LogP contribution in [0.2, 0.25) is 0 Å². The van der Waals surface area contributed by atoms with Crippen molar-refractivity contribution in [1.29, 1.82) is 0 Å². The first-order valence-corrected chi connectivity index (χ1v) is 5.52. The van der Waals surface area contributed by atoms with Gasteiger partial charge in [-0.15, -0.1) is 0 Å². The molecule has 2 N–H and O–H groups in total. The van der Waals surface area contributed by atoms with Crippen LogP contribution in [0, 0.1) is 11.6 Å². The van der Waals surface area contributed by atoms with Crippen LogP contribution in [0.3, 0.4) is 0 Å². The van der Waals surface area contributed by atoms with Crippen molar-refractivity contribution < 1.29 is 5.11 Å². The first-order valence-electron chi connectivity index (χ1n) is 5.11. The smallest absolute Gasteiger partial charge is 0.106 e. The van der Waals surface area contributed by atoms with Gasteiger partial charge in [-0.1, -0.05) is 48.6 Å². The summed E-state index contributed by atoms with van der Waals surface area (Å²) in [6, 6.07) is 13.2. The molecule has 0 unspecified atom stereocenters. The number of nitrogens with one attached hydrogen (secondary N) is 1. The topological polar surface area (TPSA) is 36.0 Å². The molecular formula is C13H13NOS. The highest BCUT2D eigenvalue weighted by molar-refractivity contribution is 7.71. The highest BCUT2D eigenvalue weighted by atomic mass is 32.1. The molecular weight excluding hydrogens is 218 g/mol. The van der Waals surface area contributed by atoms with Crippen molar-refractivity contribution in [2.24, 2.45) is 0 Å². The average Bonchev–Trinajstić information content (AvgIpc) is 2.29. The standard InChI is InChI=1S/C13H13NOS/c1-9-11(7-8-12(16)14-9)13(15)10-5-3-2-4-6-10/h2-8,13,15H,1H3,(H,14,16)/t13-/m1/s1. The number of hydrogen-bond acceptors (Lipinski definition) is 2. The quantitative estimate of drug-likeness (QED) is 0.779. The number of rotatable bonds is 2. The number of aromatic amines is 1. The van der Waals surface area contributed by atoms with E-state index in [9.17, 15) is 5.11 Å². The molecule has 0 amide bonds. The Bertz CT molecular complexity index is 533. The summed E-state index contributed by atoms with van der Waals surface area (Å²) in [5.41, 5.74) is 2.65. The van der Waals surface area contributed by atoms with E-state index in [-0.39, 0.29) is 0 Å². The average molecular weight is 231 g/mol. The van der Waals surface area contributed by atoms with E-state index in [0.717, 1.165) is 16.8 Å². The van der Waals surface area contributed by atoms with Crippen molar-refractivity contribution >= 4 is 12.2 Å². The molecule has 1 aromatic carbocycles.